The topological polar surface area (TPSA) is 44.3 Å². The van der Waals surface area contributed by atoms with Crippen LogP contribution in [0.4, 0.5) is 11.6 Å². The fourth-order valence-corrected chi connectivity index (χ4v) is 3.70. The summed E-state index contributed by atoms with van der Waals surface area (Å²) in [5.41, 5.74) is 0. The van der Waals surface area contributed by atoms with Crippen LogP contribution in [0.15, 0.2) is 24.5 Å². The highest BCUT2D eigenvalue weighted by molar-refractivity contribution is 7.11. The molecule has 5 nitrogen and oxygen atoms in total. The van der Waals surface area contributed by atoms with Gasteiger partial charge in [0.25, 0.3) is 0 Å². The highest BCUT2D eigenvalue weighted by atomic mass is 32.1. The van der Waals surface area contributed by atoms with Crippen LogP contribution in [-0.4, -0.2) is 48.1 Å². The average Bonchev–Trinajstić information content (AvgIpc) is 3.09. The van der Waals surface area contributed by atoms with Crippen molar-refractivity contribution in [1.82, 2.24) is 14.9 Å². The van der Waals surface area contributed by atoms with Gasteiger partial charge >= 0.3 is 0 Å². The standard InChI is InChI=1S/C16H23N5S/c1-12-4-5-14(22-12)10-21-7-6-13(9-21)19-15-8-16(20(2)3)18-11-17-15/h4-5,8,11,13H,6-7,9-10H2,1-3H3,(H,17,18,19). The third-order valence-corrected chi connectivity index (χ3v) is 4.90. The minimum absolute atomic E-state index is 0.464. The number of thiophene rings is 1. The Kier molecular flexibility index (Phi) is 4.59. The molecule has 118 valence electrons. The van der Waals surface area contributed by atoms with Gasteiger partial charge in [-0.25, -0.2) is 9.97 Å². The van der Waals surface area contributed by atoms with Crippen LogP contribution in [0.1, 0.15) is 16.2 Å². The zero-order chi connectivity index (χ0) is 15.5. The van der Waals surface area contributed by atoms with E-state index in [-0.39, 0.29) is 0 Å². The van der Waals surface area contributed by atoms with E-state index in [1.54, 1.807) is 6.33 Å². The Morgan fingerprint density at radius 1 is 1.36 bits per heavy atom. The quantitative estimate of drug-likeness (QED) is 0.918. The third-order valence-electron chi connectivity index (χ3n) is 3.91. The zero-order valence-electron chi connectivity index (χ0n) is 13.4. The van der Waals surface area contributed by atoms with Crippen molar-refractivity contribution in [3.05, 3.63) is 34.3 Å². The van der Waals surface area contributed by atoms with E-state index in [9.17, 15) is 0 Å². The molecule has 1 fully saturated rings. The SMILES string of the molecule is Cc1ccc(CN2CCC(Nc3cc(N(C)C)ncn3)C2)s1. The van der Waals surface area contributed by atoms with Crippen LogP contribution in [0.2, 0.25) is 0 Å². The van der Waals surface area contributed by atoms with E-state index in [4.69, 9.17) is 0 Å². The number of likely N-dealkylation sites (tertiary alicyclic amines) is 1. The monoisotopic (exact) mass is 317 g/mol. The summed E-state index contributed by atoms with van der Waals surface area (Å²) in [6.07, 6.45) is 2.78. The Morgan fingerprint density at radius 3 is 2.95 bits per heavy atom. The summed E-state index contributed by atoms with van der Waals surface area (Å²) in [5, 5.41) is 3.54. The number of hydrogen-bond acceptors (Lipinski definition) is 6. The van der Waals surface area contributed by atoms with Gasteiger partial charge in [0.2, 0.25) is 0 Å². The number of rotatable bonds is 5. The van der Waals surface area contributed by atoms with Gasteiger partial charge in [-0.05, 0) is 25.5 Å². The molecule has 1 saturated heterocycles. The van der Waals surface area contributed by atoms with Gasteiger partial charge in [-0.15, -0.1) is 11.3 Å². The first kappa shape index (κ1) is 15.2. The van der Waals surface area contributed by atoms with Gasteiger partial charge in [0.05, 0.1) is 0 Å². The molecule has 3 heterocycles. The second kappa shape index (κ2) is 6.62. The van der Waals surface area contributed by atoms with Crippen LogP contribution >= 0.6 is 11.3 Å². The molecule has 22 heavy (non-hydrogen) atoms. The minimum atomic E-state index is 0.464. The lowest BCUT2D eigenvalue weighted by molar-refractivity contribution is 0.331. The van der Waals surface area contributed by atoms with Crippen LogP contribution in [-0.2, 0) is 6.54 Å². The Balaban J connectivity index is 1.55. The zero-order valence-corrected chi connectivity index (χ0v) is 14.2. The van der Waals surface area contributed by atoms with Crippen LogP contribution in [0, 0.1) is 6.92 Å². The van der Waals surface area contributed by atoms with Crippen LogP contribution in [0.5, 0.6) is 0 Å². The molecule has 1 N–H and O–H groups in total. The van der Waals surface area contributed by atoms with Gasteiger partial charge in [-0.1, -0.05) is 0 Å². The van der Waals surface area contributed by atoms with Crippen molar-refractivity contribution in [3.63, 3.8) is 0 Å². The van der Waals surface area contributed by atoms with Gasteiger partial charge in [-0.3, -0.25) is 4.90 Å². The summed E-state index contributed by atoms with van der Waals surface area (Å²) in [6, 6.07) is 6.92. The van der Waals surface area contributed by atoms with E-state index in [1.807, 2.05) is 36.4 Å². The van der Waals surface area contributed by atoms with Crippen molar-refractivity contribution in [2.45, 2.75) is 25.9 Å². The number of aryl methyl sites for hydroxylation is 1. The molecule has 1 aliphatic heterocycles. The Labute approximate surface area is 136 Å². The Hall–Kier alpha value is -1.66. The van der Waals surface area contributed by atoms with Gasteiger partial charge in [0.15, 0.2) is 0 Å². The van der Waals surface area contributed by atoms with Crippen molar-refractivity contribution in [2.75, 3.05) is 37.4 Å². The predicted molar refractivity (Wildman–Crippen MR) is 92.7 cm³/mol. The number of aromatic nitrogens is 2. The molecule has 2 aromatic heterocycles. The van der Waals surface area contributed by atoms with E-state index in [1.165, 1.54) is 9.75 Å². The van der Waals surface area contributed by atoms with Crippen LogP contribution in [0.3, 0.4) is 0 Å². The summed E-state index contributed by atoms with van der Waals surface area (Å²) in [7, 11) is 3.98. The largest absolute Gasteiger partial charge is 0.366 e. The molecular formula is C16H23N5S. The van der Waals surface area contributed by atoms with Gasteiger partial charge in [-0.2, -0.15) is 0 Å². The fourth-order valence-electron chi connectivity index (χ4n) is 2.76. The van der Waals surface area contributed by atoms with E-state index in [0.29, 0.717) is 6.04 Å². The number of anilines is 2. The predicted octanol–water partition coefficient (Wildman–Crippen LogP) is 2.60. The molecule has 2 aromatic rings. The molecule has 0 saturated carbocycles. The first-order chi connectivity index (χ1) is 10.6. The van der Waals surface area contributed by atoms with E-state index in [2.05, 4.69) is 39.2 Å². The van der Waals surface area contributed by atoms with Crippen molar-refractivity contribution < 1.29 is 0 Å². The van der Waals surface area contributed by atoms with Gasteiger partial charge in [0, 0.05) is 55.6 Å². The molecule has 0 spiro atoms. The molecule has 0 radical (unpaired) electrons. The maximum absolute atomic E-state index is 4.33. The van der Waals surface area contributed by atoms with Gasteiger partial charge in [0.1, 0.15) is 18.0 Å². The highest BCUT2D eigenvalue weighted by Gasteiger charge is 2.23. The number of nitrogens with one attached hydrogen (secondary N) is 1. The normalized spacial score (nSPS) is 18.6. The molecule has 0 bridgehead atoms. The lowest BCUT2D eigenvalue weighted by Crippen LogP contribution is -2.26. The van der Waals surface area contributed by atoms with Crippen LogP contribution < -0.4 is 10.2 Å². The molecule has 0 aromatic carbocycles. The minimum Gasteiger partial charge on any atom is -0.366 e. The summed E-state index contributed by atoms with van der Waals surface area (Å²) in [6.45, 7) is 5.43. The van der Waals surface area contributed by atoms with Gasteiger partial charge < -0.3 is 10.2 Å². The first-order valence-electron chi connectivity index (χ1n) is 7.64. The molecule has 1 aliphatic rings. The average molecular weight is 317 g/mol. The Morgan fingerprint density at radius 2 is 2.23 bits per heavy atom. The molecule has 0 aliphatic carbocycles. The second-order valence-electron chi connectivity index (χ2n) is 6.03. The van der Waals surface area contributed by atoms with E-state index < -0.39 is 0 Å². The lowest BCUT2D eigenvalue weighted by atomic mass is 10.2. The van der Waals surface area contributed by atoms with Crippen LogP contribution in [0.25, 0.3) is 0 Å². The molecule has 0 amide bonds. The molecule has 1 atom stereocenters. The second-order valence-corrected chi connectivity index (χ2v) is 7.41. The lowest BCUT2D eigenvalue weighted by Gasteiger charge is -2.17. The summed E-state index contributed by atoms with van der Waals surface area (Å²) < 4.78 is 0. The highest BCUT2D eigenvalue weighted by Crippen LogP contribution is 2.21. The first-order valence-corrected chi connectivity index (χ1v) is 8.45. The summed E-state index contributed by atoms with van der Waals surface area (Å²) >= 11 is 1.90. The molecule has 3 rings (SSSR count). The van der Waals surface area contributed by atoms with Crippen molar-refractivity contribution in [3.8, 4) is 0 Å². The number of hydrogen-bond donors (Lipinski definition) is 1. The van der Waals surface area contributed by atoms with Crippen molar-refractivity contribution >= 4 is 23.0 Å². The van der Waals surface area contributed by atoms with Crippen molar-refractivity contribution in [2.24, 2.45) is 0 Å². The number of nitrogens with zero attached hydrogens (tertiary/aromatic N) is 4. The molecule has 1 unspecified atom stereocenters. The van der Waals surface area contributed by atoms with E-state index in [0.717, 1.165) is 37.7 Å². The smallest absolute Gasteiger partial charge is 0.133 e. The molecule has 6 heteroatoms. The maximum Gasteiger partial charge on any atom is 0.133 e. The fraction of sp³-hybridized carbons (Fsp3) is 0.500. The molecular weight excluding hydrogens is 294 g/mol. The summed E-state index contributed by atoms with van der Waals surface area (Å²) in [5.74, 6) is 1.85. The van der Waals surface area contributed by atoms with Crippen molar-refractivity contribution in [1.29, 1.82) is 0 Å². The summed E-state index contributed by atoms with van der Waals surface area (Å²) in [4.78, 5) is 15.9. The van der Waals surface area contributed by atoms with E-state index >= 15 is 0 Å². The third kappa shape index (κ3) is 3.75. The maximum atomic E-state index is 4.33. The Bertz CT molecular complexity index is 625.